The Morgan fingerprint density at radius 3 is 3.00 bits per heavy atom. The molecule has 2 aromatic rings. The van der Waals surface area contributed by atoms with Gasteiger partial charge in [0.05, 0.1) is 17.0 Å². The Kier molecular flexibility index (Phi) is 4.11. The number of rotatable bonds is 5. The predicted molar refractivity (Wildman–Crippen MR) is 75.0 cm³/mol. The first kappa shape index (κ1) is 13.7. The predicted octanol–water partition coefficient (Wildman–Crippen LogP) is 1.76. The van der Waals surface area contributed by atoms with Crippen molar-refractivity contribution in [3.63, 3.8) is 0 Å². The number of amidine groups is 1. The molecule has 2 rings (SSSR count). The van der Waals surface area contributed by atoms with Crippen molar-refractivity contribution in [2.45, 2.75) is 6.54 Å². The van der Waals surface area contributed by atoms with Gasteiger partial charge in [0.15, 0.2) is 5.84 Å². The molecular weight excluding hydrogens is 282 g/mol. The Morgan fingerprint density at radius 1 is 1.60 bits per heavy atom. The van der Waals surface area contributed by atoms with E-state index < -0.39 is 4.92 Å². The molecule has 0 amide bonds. The van der Waals surface area contributed by atoms with E-state index in [2.05, 4.69) is 15.5 Å². The second kappa shape index (κ2) is 5.97. The number of aromatic nitrogens is 1. The number of oxime groups is 1. The molecule has 4 N–H and O–H groups in total. The van der Waals surface area contributed by atoms with E-state index in [1.165, 1.54) is 29.5 Å². The summed E-state index contributed by atoms with van der Waals surface area (Å²) in [5.74, 6) is -0.110. The van der Waals surface area contributed by atoms with E-state index in [1.54, 1.807) is 11.7 Å². The standard InChI is InChI=1S/C11H11N5O3S/c12-11(15-17)7-1-2-10(16(18)19)9(3-7)14-5-8-4-13-6-20-8/h1-4,6,14,17H,5H2,(H2,12,15). The summed E-state index contributed by atoms with van der Waals surface area (Å²) in [4.78, 5) is 15.3. The smallest absolute Gasteiger partial charge is 0.292 e. The number of anilines is 1. The fourth-order valence-corrected chi connectivity index (χ4v) is 2.10. The van der Waals surface area contributed by atoms with Crippen molar-refractivity contribution in [2.75, 3.05) is 5.32 Å². The van der Waals surface area contributed by atoms with Gasteiger partial charge in [0.25, 0.3) is 5.69 Å². The first-order chi connectivity index (χ1) is 9.61. The van der Waals surface area contributed by atoms with Gasteiger partial charge < -0.3 is 16.3 Å². The maximum Gasteiger partial charge on any atom is 0.292 e. The molecule has 0 spiro atoms. The summed E-state index contributed by atoms with van der Waals surface area (Å²) in [7, 11) is 0. The van der Waals surface area contributed by atoms with Gasteiger partial charge in [-0.3, -0.25) is 15.1 Å². The molecule has 9 heteroatoms. The molecule has 0 aliphatic carbocycles. The van der Waals surface area contributed by atoms with Crippen molar-refractivity contribution < 1.29 is 10.1 Å². The van der Waals surface area contributed by atoms with Crippen molar-refractivity contribution in [1.29, 1.82) is 0 Å². The van der Waals surface area contributed by atoms with Gasteiger partial charge in [-0.2, -0.15) is 0 Å². The molecule has 0 saturated heterocycles. The molecule has 0 aliphatic heterocycles. The molecule has 0 bridgehead atoms. The number of nitro groups is 1. The van der Waals surface area contributed by atoms with Gasteiger partial charge in [-0.1, -0.05) is 5.16 Å². The summed E-state index contributed by atoms with van der Waals surface area (Å²) in [6.45, 7) is 0.408. The van der Waals surface area contributed by atoms with Gasteiger partial charge in [0.2, 0.25) is 0 Å². The molecule has 0 fully saturated rings. The van der Waals surface area contributed by atoms with Crippen molar-refractivity contribution in [3.8, 4) is 0 Å². The normalized spacial score (nSPS) is 11.3. The number of benzene rings is 1. The molecule has 1 heterocycles. The first-order valence-corrected chi connectivity index (χ1v) is 6.37. The maximum atomic E-state index is 11.0. The highest BCUT2D eigenvalue weighted by Gasteiger charge is 2.15. The largest absolute Gasteiger partial charge is 0.409 e. The van der Waals surface area contributed by atoms with Gasteiger partial charge in [-0.15, -0.1) is 11.3 Å². The lowest BCUT2D eigenvalue weighted by molar-refractivity contribution is -0.384. The van der Waals surface area contributed by atoms with E-state index in [1.807, 2.05) is 0 Å². The summed E-state index contributed by atoms with van der Waals surface area (Å²) < 4.78 is 0. The van der Waals surface area contributed by atoms with Crippen LogP contribution in [0.2, 0.25) is 0 Å². The fourth-order valence-electron chi connectivity index (χ4n) is 1.57. The van der Waals surface area contributed by atoms with E-state index in [-0.39, 0.29) is 11.5 Å². The SMILES string of the molecule is N/C(=N\O)c1ccc([N+](=O)[O-])c(NCc2cncs2)c1. The van der Waals surface area contributed by atoms with Crippen molar-refractivity contribution in [1.82, 2.24) is 4.98 Å². The number of nitrogens with two attached hydrogens (primary N) is 1. The topological polar surface area (TPSA) is 127 Å². The van der Waals surface area contributed by atoms with Crippen LogP contribution in [0, 0.1) is 10.1 Å². The third-order valence-corrected chi connectivity index (χ3v) is 3.31. The average Bonchev–Trinajstić information content (AvgIpc) is 2.97. The van der Waals surface area contributed by atoms with Crippen molar-refractivity contribution in [3.05, 3.63) is 50.5 Å². The second-order valence-corrected chi connectivity index (χ2v) is 4.77. The van der Waals surface area contributed by atoms with Crippen LogP contribution in [0.5, 0.6) is 0 Å². The number of nitro benzene ring substituents is 1. The van der Waals surface area contributed by atoms with Gasteiger partial charge in [0, 0.05) is 22.7 Å². The van der Waals surface area contributed by atoms with Gasteiger partial charge in [-0.25, -0.2) is 0 Å². The summed E-state index contributed by atoms with van der Waals surface area (Å²) in [6, 6.07) is 4.20. The van der Waals surface area contributed by atoms with Gasteiger partial charge >= 0.3 is 0 Å². The monoisotopic (exact) mass is 293 g/mol. The summed E-state index contributed by atoms with van der Waals surface area (Å²) in [5.41, 5.74) is 7.77. The van der Waals surface area contributed by atoms with Crippen LogP contribution in [0.4, 0.5) is 11.4 Å². The Hall–Kier alpha value is -2.68. The lowest BCUT2D eigenvalue weighted by Crippen LogP contribution is -2.14. The van der Waals surface area contributed by atoms with Crippen LogP contribution in [0.1, 0.15) is 10.4 Å². The quantitative estimate of drug-likeness (QED) is 0.253. The summed E-state index contributed by atoms with van der Waals surface area (Å²) in [5, 5.41) is 25.4. The zero-order valence-corrected chi connectivity index (χ0v) is 11.0. The molecule has 1 aromatic carbocycles. The third-order valence-electron chi connectivity index (χ3n) is 2.53. The first-order valence-electron chi connectivity index (χ1n) is 5.49. The Balaban J connectivity index is 2.29. The molecular formula is C11H11N5O3S. The third kappa shape index (κ3) is 3.01. The minimum atomic E-state index is -0.495. The molecule has 0 saturated carbocycles. The molecule has 0 aliphatic rings. The van der Waals surface area contributed by atoms with E-state index in [0.717, 1.165) is 4.88 Å². The van der Waals surface area contributed by atoms with Crippen molar-refractivity contribution >= 4 is 28.5 Å². The number of hydrogen-bond acceptors (Lipinski definition) is 7. The second-order valence-electron chi connectivity index (χ2n) is 3.80. The van der Waals surface area contributed by atoms with Crippen molar-refractivity contribution in [2.24, 2.45) is 10.9 Å². The minimum absolute atomic E-state index is 0.0796. The van der Waals surface area contributed by atoms with Crippen LogP contribution in [-0.2, 0) is 6.54 Å². The Morgan fingerprint density at radius 2 is 2.40 bits per heavy atom. The Bertz CT molecular complexity index is 642. The van der Waals surface area contributed by atoms with Crippen LogP contribution in [0.25, 0.3) is 0 Å². The van der Waals surface area contributed by atoms with Crippen LogP contribution >= 0.6 is 11.3 Å². The summed E-state index contributed by atoms with van der Waals surface area (Å²) in [6.07, 6.45) is 1.68. The minimum Gasteiger partial charge on any atom is -0.409 e. The van der Waals surface area contributed by atoms with Crippen LogP contribution in [-0.4, -0.2) is 21.0 Å². The van der Waals surface area contributed by atoms with E-state index in [0.29, 0.717) is 17.8 Å². The van der Waals surface area contributed by atoms with E-state index in [9.17, 15) is 10.1 Å². The van der Waals surface area contributed by atoms with E-state index in [4.69, 9.17) is 10.9 Å². The lowest BCUT2D eigenvalue weighted by atomic mass is 10.1. The molecule has 1 aromatic heterocycles. The number of nitrogens with one attached hydrogen (secondary N) is 1. The number of thiazole rings is 1. The summed E-state index contributed by atoms with van der Waals surface area (Å²) >= 11 is 1.44. The van der Waals surface area contributed by atoms with Crippen LogP contribution < -0.4 is 11.1 Å². The molecule has 104 valence electrons. The molecule has 20 heavy (non-hydrogen) atoms. The molecule has 8 nitrogen and oxygen atoms in total. The highest BCUT2D eigenvalue weighted by atomic mass is 32.1. The fraction of sp³-hybridized carbons (Fsp3) is 0.0909. The molecule has 0 unspecified atom stereocenters. The molecule has 0 radical (unpaired) electrons. The van der Waals surface area contributed by atoms with Crippen LogP contribution in [0.15, 0.2) is 35.1 Å². The zero-order valence-electron chi connectivity index (χ0n) is 10.2. The molecule has 0 atom stereocenters. The average molecular weight is 293 g/mol. The number of hydrogen-bond donors (Lipinski definition) is 3. The van der Waals surface area contributed by atoms with Gasteiger partial charge in [0.1, 0.15) is 5.69 Å². The Labute approximate surface area is 117 Å². The maximum absolute atomic E-state index is 11.0. The highest BCUT2D eigenvalue weighted by molar-refractivity contribution is 7.09. The van der Waals surface area contributed by atoms with E-state index >= 15 is 0 Å². The highest BCUT2D eigenvalue weighted by Crippen LogP contribution is 2.26. The number of nitrogens with zero attached hydrogens (tertiary/aromatic N) is 3. The lowest BCUT2D eigenvalue weighted by Gasteiger charge is -2.07. The van der Waals surface area contributed by atoms with Crippen LogP contribution in [0.3, 0.4) is 0 Å². The zero-order chi connectivity index (χ0) is 14.5. The van der Waals surface area contributed by atoms with Gasteiger partial charge in [-0.05, 0) is 12.1 Å².